The van der Waals surface area contributed by atoms with E-state index in [-0.39, 0.29) is 6.61 Å². The molecule has 0 aliphatic rings. The molecular weight excluding hydrogens is 258 g/mol. The van der Waals surface area contributed by atoms with Crippen molar-refractivity contribution in [2.75, 3.05) is 11.9 Å². The number of aliphatic hydroxyl groups is 1. The van der Waals surface area contributed by atoms with E-state index in [1.807, 2.05) is 17.3 Å². The molecule has 17 heavy (non-hydrogen) atoms. The lowest BCUT2D eigenvalue weighted by Gasteiger charge is -2.18. The highest BCUT2D eigenvalue weighted by Crippen LogP contribution is 2.24. The van der Waals surface area contributed by atoms with Crippen molar-refractivity contribution in [3.05, 3.63) is 39.4 Å². The number of rotatable bonds is 4. The zero-order chi connectivity index (χ0) is 12.3. The molecule has 4 nitrogen and oxygen atoms in total. The lowest BCUT2D eigenvalue weighted by molar-refractivity contribution is 0.281. The first-order valence-corrected chi connectivity index (χ1v) is 6.36. The molecular formula is C11H12ClN3OS. The summed E-state index contributed by atoms with van der Waals surface area (Å²) >= 11 is 7.67. The molecule has 0 radical (unpaired) electrons. The molecule has 2 aromatic heterocycles. The molecule has 2 aromatic rings. The van der Waals surface area contributed by atoms with Crippen molar-refractivity contribution in [1.29, 1.82) is 0 Å². The fourth-order valence-corrected chi connectivity index (χ4v) is 2.35. The Bertz CT molecular complexity index is 489. The van der Waals surface area contributed by atoms with Crippen LogP contribution in [0.4, 0.5) is 5.82 Å². The molecule has 0 saturated carbocycles. The predicted molar refractivity (Wildman–Crippen MR) is 69.4 cm³/mol. The Labute approximate surface area is 109 Å². The molecule has 0 spiro atoms. The minimum absolute atomic E-state index is 0.0528. The van der Waals surface area contributed by atoms with Crippen LogP contribution in [0.3, 0.4) is 0 Å². The zero-order valence-electron chi connectivity index (χ0n) is 9.30. The van der Waals surface area contributed by atoms with Crippen molar-refractivity contribution in [3.63, 3.8) is 0 Å². The van der Waals surface area contributed by atoms with E-state index >= 15 is 0 Å². The summed E-state index contributed by atoms with van der Waals surface area (Å²) in [6, 6.07) is 1.72. The van der Waals surface area contributed by atoms with E-state index in [1.165, 1.54) is 0 Å². The summed E-state index contributed by atoms with van der Waals surface area (Å²) in [7, 11) is 1.91. The Morgan fingerprint density at radius 3 is 2.88 bits per heavy atom. The van der Waals surface area contributed by atoms with Gasteiger partial charge in [0, 0.05) is 18.6 Å². The third-order valence-electron chi connectivity index (χ3n) is 2.31. The van der Waals surface area contributed by atoms with E-state index in [9.17, 15) is 0 Å². The summed E-state index contributed by atoms with van der Waals surface area (Å²) in [6.45, 7) is 0.609. The number of halogens is 1. The number of anilines is 1. The second-order valence-electron chi connectivity index (χ2n) is 3.64. The number of hydrogen-bond donors (Lipinski definition) is 1. The van der Waals surface area contributed by atoms with Crippen molar-refractivity contribution >= 4 is 28.8 Å². The van der Waals surface area contributed by atoms with Crippen molar-refractivity contribution in [2.24, 2.45) is 0 Å². The van der Waals surface area contributed by atoms with Gasteiger partial charge >= 0.3 is 0 Å². The summed E-state index contributed by atoms with van der Waals surface area (Å²) in [5.74, 6) is 0.692. The number of pyridine rings is 1. The topological polar surface area (TPSA) is 49.2 Å². The maximum atomic E-state index is 8.98. The van der Waals surface area contributed by atoms with Crippen LogP contribution in [0.5, 0.6) is 0 Å². The molecule has 0 atom stereocenters. The summed E-state index contributed by atoms with van der Waals surface area (Å²) in [4.78, 5) is 10.4. The molecule has 0 aromatic carbocycles. The monoisotopic (exact) mass is 269 g/mol. The van der Waals surface area contributed by atoms with Crippen LogP contribution >= 0.6 is 22.9 Å². The number of thiazole rings is 1. The molecule has 0 aliphatic heterocycles. The van der Waals surface area contributed by atoms with Gasteiger partial charge in [0.1, 0.15) is 5.82 Å². The summed E-state index contributed by atoms with van der Waals surface area (Å²) in [5, 5.41) is 11.5. The molecule has 0 unspecified atom stereocenters. The van der Waals surface area contributed by atoms with E-state index in [0.29, 0.717) is 22.9 Å². The molecule has 6 heteroatoms. The number of aromatic nitrogens is 2. The molecule has 0 saturated heterocycles. The van der Waals surface area contributed by atoms with Crippen LogP contribution in [0.1, 0.15) is 11.3 Å². The summed E-state index contributed by atoms with van der Waals surface area (Å²) in [6.07, 6.45) is 1.62. The van der Waals surface area contributed by atoms with Gasteiger partial charge in [0.15, 0.2) is 0 Å². The van der Waals surface area contributed by atoms with Gasteiger partial charge in [-0.25, -0.2) is 9.97 Å². The number of hydrogen-bond acceptors (Lipinski definition) is 5. The smallest absolute Gasteiger partial charge is 0.147 e. The van der Waals surface area contributed by atoms with Crippen molar-refractivity contribution in [3.8, 4) is 0 Å². The maximum Gasteiger partial charge on any atom is 0.147 e. The highest BCUT2D eigenvalue weighted by Gasteiger charge is 2.09. The first kappa shape index (κ1) is 12.3. The van der Waals surface area contributed by atoms with Gasteiger partial charge in [-0.3, -0.25) is 0 Å². The molecule has 90 valence electrons. The fraction of sp³-hybridized carbons (Fsp3) is 0.273. The molecule has 0 amide bonds. The summed E-state index contributed by atoms with van der Waals surface area (Å²) in [5.41, 5.74) is 3.50. The van der Waals surface area contributed by atoms with Gasteiger partial charge in [-0.15, -0.1) is 11.3 Å². The van der Waals surface area contributed by atoms with E-state index in [4.69, 9.17) is 16.7 Å². The fourth-order valence-electron chi connectivity index (χ4n) is 1.47. The van der Waals surface area contributed by atoms with Gasteiger partial charge in [0.25, 0.3) is 0 Å². The first-order chi connectivity index (χ1) is 8.20. The third-order valence-corrected chi connectivity index (χ3v) is 3.22. The zero-order valence-corrected chi connectivity index (χ0v) is 10.9. The quantitative estimate of drug-likeness (QED) is 0.925. The lowest BCUT2D eigenvalue weighted by atomic mass is 10.3. The van der Waals surface area contributed by atoms with Crippen molar-refractivity contribution in [2.45, 2.75) is 13.2 Å². The second-order valence-corrected chi connectivity index (χ2v) is 4.77. The molecule has 0 fully saturated rings. The number of aliphatic hydroxyl groups excluding tert-OH is 1. The molecule has 2 rings (SSSR count). The van der Waals surface area contributed by atoms with E-state index in [1.54, 1.807) is 29.1 Å². The van der Waals surface area contributed by atoms with Gasteiger partial charge in [-0.1, -0.05) is 11.6 Å². The Morgan fingerprint density at radius 1 is 1.47 bits per heavy atom. The van der Waals surface area contributed by atoms with Gasteiger partial charge in [0.2, 0.25) is 0 Å². The van der Waals surface area contributed by atoms with E-state index in [0.717, 1.165) is 5.69 Å². The maximum absolute atomic E-state index is 8.98. The normalized spacial score (nSPS) is 10.5. The van der Waals surface area contributed by atoms with E-state index in [2.05, 4.69) is 9.97 Å². The van der Waals surface area contributed by atoms with Gasteiger partial charge in [-0.2, -0.15) is 0 Å². The van der Waals surface area contributed by atoms with Crippen molar-refractivity contribution in [1.82, 2.24) is 9.97 Å². The Balaban J connectivity index is 2.16. The SMILES string of the molecule is CN(Cc1cscn1)c1ncc(CO)cc1Cl. The Hall–Kier alpha value is -1.17. The van der Waals surface area contributed by atoms with Crippen LogP contribution < -0.4 is 4.90 Å². The standard InChI is InChI=1S/C11H12ClN3OS/c1-15(4-9-6-17-7-14-9)11-10(12)2-8(5-16)3-13-11/h2-3,6-7,16H,4-5H2,1H3. The molecule has 0 bridgehead atoms. The average molecular weight is 270 g/mol. The Morgan fingerprint density at radius 2 is 2.29 bits per heavy atom. The first-order valence-electron chi connectivity index (χ1n) is 5.04. The van der Waals surface area contributed by atoms with Gasteiger partial charge in [0.05, 0.1) is 29.4 Å². The molecule has 1 N–H and O–H groups in total. The highest BCUT2D eigenvalue weighted by molar-refractivity contribution is 7.07. The minimum atomic E-state index is -0.0528. The number of nitrogens with zero attached hydrogens (tertiary/aromatic N) is 3. The summed E-state index contributed by atoms with van der Waals surface area (Å²) < 4.78 is 0. The van der Waals surface area contributed by atoms with Crippen LogP contribution in [-0.4, -0.2) is 22.1 Å². The van der Waals surface area contributed by atoms with Crippen LogP contribution in [0.15, 0.2) is 23.2 Å². The highest BCUT2D eigenvalue weighted by atomic mass is 35.5. The lowest BCUT2D eigenvalue weighted by Crippen LogP contribution is -2.18. The second kappa shape index (κ2) is 5.44. The van der Waals surface area contributed by atoms with Crippen LogP contribution in [-0.2, 0) is 13.2 Å². The van der Waals surface area contributed by atoms with Crippen LogP contribution in [0.25, 0.3) is 0 Å². The molecule has 0 aliphatic carbocycles. The third kappa shape index (κ3) is 2.94. The predicted octanol–water partition coefficient (Wildman–Crippen LogP) is 2.32. The van der Waals surface area contributed by atoms with Crippen LogP contribution in [0, 0.1) is 0 Å². The van der Waals surface area contributed by atoms with Gasteiger partial charge in [-0.05, 0) is 11.6 Å². The van der Waals surface area contributed by atoms with Gasteiger partial charge < -0.3 is 10.0 Å². The average Bonchev–Trinajstić information content (AvgIpc) is 2.81. The van der Waals surface area contributed by atoms with E-state index < -0.39 is 0 Å². The Kier molecular flexibility index (Phi) is 3.93. The largest absolute Gasteiger partial charge is 0.392 e. The van der Waals surface area contributed by atoms with Crippen molar-refractivity contribution < 1.29 is 5.11 Å². The van der Waals surface area contributed by atoms with Crippen LogP contribution in [0.2, 0.25) is 5.02 Å². The molecule has 2 heterocycles. The minimum Gasteiger partial charge on any atom is -0.392 e.